The number of hydrogen-bond acceptors (Lipinski definition) is 2. The minimum absolute atomic E-state index is 0.237. The summed E-state index contributed by atoms with van der Waals surface area (Å²) in [5, 5.41) is 4.69. The van der Waals surface area contributed by atoms with Crippen LogP contribution < -0.4 is 4.90 Å². The highest BCUT2D eigenvalue weighted by Gasteiger charge is 2.16. The van der Waals surface area contributed by atoms with Gasteiger partial charge in [-0.3, -0.25) is 0 Å². The Morgan fingerprint density at radius 2 is 1.70 bits per heavy atom. The third kappa shape index (κ3) is 3.87. The normalized spacial score (nSPS) is 17.0. The van der Waals surface area contributed by atoms with Gasteiger partial charge in [0.1, 0.15) is 5.82 Å². The van der Waals surface area contributed by atoms with Crippen LogP contribution in [0.15, 0.2) is 24.3 Å². The summed E-state index contributed by atoms with van der Waals surface area (Å²) >= 11 is 5.54. The van der Waals surface area contributed by atoms with Crippen molar-refractivity contribution in [2.24, 2.45) is 7.05 Å². The van der Waals surface area contributed by atoms with Crippen molar-refractivity contribution in [3.05, 3.63) is 34.9 Å². The minimum Gasteiger partial charge on any atom is -0.316 e. The van der Waals surface area contributed by atoms with Crippen molar-refractivity contribution in [3.63, 3.8) is 0 Å². The Labute approximate surface area is 141 Å². The predicted molar refractivity (Wildman–Crippen MR) is 91.2 cm³/mol. The summed E-state index contributed by atoms with van der Waals surface area (Å²) in [5.74, 6) is 0.556. The van der Waals surface area contributed by atoms with E-state index in [-0.39, 0.29) is 5.82 Å². The van der Waals surface area contributed by atoms with Gasteiger partial charge in [-0.2, -0.15) is 4.68 Å². The first kappa shape index (κ1) is 16.3. The van der Waals surface area contributed by atoms with Gasteiger partial charge in [0.15, 0.2) is 12.5 Å². The largest absolute Gasteiger partial charge is 0.316 e. The van der Waals surface area contributed by atoms with E-state index in [1.165, 1.54) is 57.3 Å². The van der Waals surface area contributed by atoms with Gasteiger partial charge in [-0.15, -0.1) is 5.10 Å². The fourth-order valence-electron chi connectivity index (χ4n) is 3.22. The lowest BCUT2D eigenvalue weighted by Crippen LogP contribution is -3.11. The average Bonchev–Trinajstić information content (AvgIpc) is 2.79. The van der Waals surface area contributed by atoms with E-state index in [2.05, 4.69) is 5.10 Å². The molecule has 1 aromatic carbocycles. The number of hydrogen-bond donors (Lipinski definition) is 1. The standard InChI is InChI=1S/C17H23FN4S/c1-20-16(14-7-9-15(18)10-8-14)19-22(17(20)23)13-21-11-5-3-2-4-6-12-21/h7-10H,2-6,11-13H2,1H3/p+1. The number of nitrogens with zero attached hydrogens (tertiary/aromatic N) is 3. The second-order valence-electron chi connectivity index (χ2n) is 6.35. The van der Waals surface area contributed by atoms with Crippen LogP contribution in [-0.4, -0.2) is 27.4 Å². The summed E-state index contributed by atoms with van der Waals surface area (Å²) in [6.45, 7) is 3.18. The predicted octanol–water partition coefficient (Wildman–Crippen LogP) is 2.56. The Morgan fingerprint density at radius 1 is 1.09 bits per heavy atom. The SMILES string of the molecule is Cn1c(-c2ccc(F)cc2)nn(C[NH+]2CCCCCCC2)c1=S. The Hall–Kier alpha value is -1.53. The topological polar surface area (TPSA) is 27.2 Å². The molecule has 124 valence electrons. The number of aromatic nitrogens is 3. The molecule has 6 heteroatoms. The first-order valence-electron chi connectivity index (χ1n) is 8.38. The third-order valence-electron chi connectivity index (χ3n) is 4.58. The number of rotatable bonds is 3. The van der Waals surface area contributed by atoms with Crippen molar-refractivity contribution in [1.29, 1.82) is 0 Å². The second kappa shape index (κ2) is 7.36. The molecule has 3 rings (SSSR count). The van der Waals surface area contributed by atoms with Gasteiger partial charge in [0.2, 0.25) is 4.77 Å². The molecule has 23 heavy (non-hydrogen) atoms. The average molecular weight is 335 g/mol. The van der Waals surface area contributed by atoms with E-state index in [0.29, 0.717) is 0 Å². The fourth-order valence-corrected chi connectivity index (χ4v) is 3.41. The summed E-state index contributed by atoms with van der Waals surface area (Å²) < 4.78 is 17.7. The van der Waals surface area contributed by atoms with E-state index in [9.17, 15) is 4.39 Å². The molecule has 2 aromatic rings. The molecule has 0 unspecified atom stereocenters. The lowest BCUT2D eigenvalue weighted by atomic mass is 10.1. The van der Waals surface area contributed by atoms with E-state index >= 15 is 0 Å². The first-order chi connectivity index (χ1) is 11.1. The Bertz CT molecular complexity index is 696. The number of halogens is 1. The quantitative estimate of drug-likeness (QED) is 0.873. The maximum Gasteiger partial charge on any atom is 0.202 e. The molecule has 0 saturated carbocycles. The molecule has 2 heterocycles. The number of benzene rings is 1. The second-order valence-corrected chi connectivity index (χ2v) is 6.71. The number of quaternary nitrogens is 1. The lowest BCUT2D eigenvalue weighted by Gasteiger charge is -2.21. The smallest absolute Gasteiger partial charge is 0.202 e. The van der Waals surface area contributed by atoms with E-state index in [1.807, 2.05) is 16.3 Å². The molecule has 1 aliphatic heterocycles. The molecule has 1 aliphatic rings. The van der Waals surface area contributed by atoms with E-state index < -0.39 is 0 Å². The van der Waals surface area contributed by atoms with Crippen LogP contribution in [0, 0.1) is 10.6 Å². The summed E-state index contributed by atoms with van der Waals surface area (Å²) in [5.41, 5.74) is 0.890. The molecule has 1 N–H and O–H groups in total. The molecule has 0 atom stereocenters. The van der Waals surface area contributed by atoms with Crippen LogP contribution in [0.1, 0.15) is 32.1 Å². The highest BCUT2D eigenvalue weighted by atomic mass is 32.1. The maximum absolute atomic E-state index is 13.1. The molecule has 1 fully saturated rings. The Kier molecular flexibility index (Phi) is 5.23. The van der Waals surface area contributed by atoms with Gasteiger partial charge < -0.3 is 9.47 Å². The molecule has 0 radical (unpaired) electrons. The first-order valence-corrected chi connectivity index (χ1v) is 8.79. The van der Waals surface area contributed by atoms with E-state index in [1.54, 1.807) is 17.0 Å². The monoisotopic (exact) mass is 335 g/mol. The molecule has 0 amide bonds. The highest BCUT2D eigenvalue weighted by Crippen LogP contribution is 2.17. The molecule has 1 aromatic heterocycles. The molecular weight excluding hydrogens is 311 g/mol. The van der Waals surface area contributed by atoms with E-state index in [4.69, 9.17) is 12.2 Å². The van der Waals surface area contributed by atoms with Crippen molar-refractivity contribution >= 4 is 12.2 Å². The van der Waals surface area contributed by atoms with Gasteiger partial charge in [0, 0.05) is 12.6 Å². The number of likely N-dealkylation sites (tertiary alicyclic amines) is 1. The lowest BCUT2D eigenvalue weighted by molar-refractivity contribution is -0.924. The maximum atomic E-state index is 13.1. The Morgan fingerprint density at radius 3 is 2.35 bits per heavy atom. The van der Waals surface area contributed by atoms with E-state index in [0.717, 1.165) is 22.8 Å². The van der Waals surface area contributed by atoms with Gasteiger partial charge >= 0.3 is 0 Å². The summed E-state index contributed by atoms with van der Waals surface area (Å²) in [6, 6.07) is 6.42. The zero-order valence-corrected chi connectivity index (χ0v) is 14.4. The van der Waals surface area contributed by atoms with Crippen LogP contribution >= 0.6 is 12.2 Å². The fraction of sp³-hybridized carbons (Fsp3) is 0.529. The molecule has 0 aliphatic carbocycles. The summed E-state index contributed by atoms with van der Waals surface area (Å²) in [7, 11) is 1.92. The number of nitrogens with one attached hydrogen (secondary N) is 1. The Balaban J connectivity index is 1.81. The van der Waals surface area contributed by atoms with Gasteiger partial charge in [-0.25, -0.2) is 4.39 Å². The van der Waals surface area contributed by atoms with Gasteiger partial charge in [0.25, 0.3) is 0 Å². The van der Waals surface area contributed by atoms with Crippen LogP contribution in [-0.2, 0) is 13.7 Å². The molecular formula is C17H24FN4S+. The van der Waals surface area contributed by atoms with Crippen molar-refractivity contribution in [2.45, 2.75) is 38.8 Å². The molecule has 0 bridgehead atoms. The summed E-state index contributed by atoms with van der Waals surface area (Å²) in [6.07, 6.45) is 6.58. The molecule has 0 spiro atoms. The minimum atomic E-state index is -0.237. The van der Waals surface area contributed by atoms with Crippen molar-refractivity contribution < 1.29 is 9.29 Å². The van der Waals surface area contributed by atoms with Crippen LogP contribution in [0.2, 0.25) is 0 Å². The van der Waals surface area contributed by atoms with Crippen LogP contribution in [0.4, 0.5) is 4.39 Å². The van der Waals surface area contributed by atoms with Crippen molar-refractivity contribution in [2.75, 3.05) is 13.1 Å². The third-order valence-corrected chi connectivity index (χ3v) is 5.06. The van der Waals surface area contributed by atoms with Gasteiger partial charge in [-0.1, -0.05) is 6.42 Å². The highest BCUT2D eigenvalue weighted by molar-refractivity contribution is 7.71. The van der Waals surface area contributed by atoms with Crippen LogP contribution in [0.3, 0.4) is 0 Å². The van der Waals surface area contributed by atoms with Crippen molar-refractivity contribution in [3.8, 4) is 11.4 Å². The van der Waals surface area contributed by atoms with Crippen LogP contribution in [0.5, 0.6) is 0 Å². The van der Waals surface area contributed by atoms with Gasteiger partial charge in [0.05, 0.1) is 13.1 Å². The van der Waals surface area contributed by atoms with Crippen molar-refractivity contribution in [1.82, 2.24) is 14.3 Å². The van der Waals surface area contributed by atoms with Crippen LogP contribution in [0.25, 0.3) is 11.4 Å². The zero-order chi connectivity index (χ0) is 16.2. The molecule has 4 nitrogen and oxygen atoms in total. The molecule has 1 saturated heterocycles. The zero-order valence-electron chi connectivity index (χ0n) is 13.6. The summed E-state index contributed by atoms with van der Waals surface area (Å²) in [4.78, 5) is 1.55. The van der Waals surface area contributed by atoms with Gasteiger partial charge in [-0.05, 0) is 62.2 Å².